The van der Waals surface area contributed by atoms with Gasteiger partial charge in [0.2, 0.25) is 11.8 Å². The third kappa shape index (κ3) is 5.72. The number of amides is 2. The van der Waals surface area contributed by atoms with Crippen molar-refractivity contribution in [3.05, 3.63) is 24.3 Å². The number of ether oxygens (including phenoxy) is 2. The minimum absolute atomic E-state index is 0.0783. The molecule has 0 atom stereocenters. The maximum atomic E-state index is 12.2. The minimum atomic E-state index is -0.0906. The SMILES string of the molecule is COCCNC(=O)CCN(C(C)=O)c1ccccc1N1CCOCC1. The number of morpholine rings is 1. The molecule has 0 radical (unpaired) electrons. The Morgan fingerprint density at radius 2 is 2.00 bits per heavy atom. The molecule has 0 bridgehead atoms. The number of para-hydroxylation sites is 2. The highest BCUT2D eigenvalue weighted by Gasteiger charge is 2.20. The van der Waals surface area contributed by atoms with Gasteiger partial charge in [0.05, 0.1) is 31.2 Å². The highest BCUT2D eigenvalue weighted by Crippen LogP contribution is 2.30. The van der Waals surface area contributed by atoms with Crippen molar-refractivity contribution >= 4 is 23.2 Å². The van der Waals surface area contributed by atoms with Crippen LogP contribution >= 0.6 is 0 Å². The molecule has 1 N–H and O–H groups in total. The summed E-state index contributed by atoms with van der Waals surface area (Å²) in [5.74, 6) is -0.169. The van der Waals surface area contributed by atoms with Crippen LogP contribution in [0.2, 0.25) is 0 Å². The van der Waals surface area contributed by atoms with Crippen molar-refractivity contribution in [2.75, 3.05) is 62.9 Å². The normalized spacial score (nSPS) is 14.2. The second-order valence-electron chi connectivity index (χ2n) is 5.85. The number of hydrogen-bond donors (Lipinski definition) is 1. The van der Waals surface area contributed by atoms with Gasteiger partial charge in [0.15, 0.2) is 0 Å². The van der Waals surface area contributed by atoms with Gasteiger partial charge in [-0.2, -0.15) is 0 Å². The van der Waals surface area contributed by atoms with Crippen LogP contribution in [0.3, 0.4) is 0 Å². The average Bonchev–Trinajstić information content (AvgIpc) is 2.63. The van der Waals surface area contributed by atoms with E-state index in [1.165, 1.54) is 6.92 Å². The Labute approximate surface area is 148 Å². The molecular weight excluding hydrogens is 322 g/mol. The molecule has 7 nitrogen and oxygen atoms in total. The Balaban J connectivity index is 2.06. The fraction of sp³-hybridized carbons (Fsp3) is 0.556. The first-order valence-electron chi connectivity index (χ1n) is 8.59. The number of nitrogens with one attached hydrogen (secondary N) is 1. The van der Waals surface area contributed by atoms with E-state index in [1.807, 2.05) is 24.3 Å². The zero-order valence-electron chi connectivity index (χ0n) is 15.0. The topological polar surface area (TPSA) is 71.1 Å². The van der Waals surface area contributed by atoms with E-state index < -0.39 is 0 Å². The Kier molecular flexibility index (Phi) is 7.69. The molecule has 1 aliphatic rings. The number of methoxy groups -OCH3 is 1. The molecule has 1 saturated heterocycles. The van der Waals surface area contributed by atoms with E-state index in [4.69, 9.17) is 9.47 Å². The summed E-state index contributed by atoms with van der Waals surface area (Å²) in [6.07, 6.45) is 0.251. The first-order chi connectivity index (χ1) is 12.1. The molecule has 2 rings (SSSR count). The summed E-state index contributed by atoms with van der Waals surface area (Å²) < 4.78 is 10.3. The number of benzene rings is 1. The summed E-state index contributed by atoms with van der Waals surface area (Å²) in [5.41, 5.74) is 1.84. The molecular formula is C18H27N3O4. The molecule has 138 valence electrons. The van der Waals surface area contributed by atoms with Gasteiger partial charge in [-0.3, -0.25) is 9.59 Å². The van der Waals surface area contributed by atoms with Crippen LogP contribution in [-0.2, 0) is 19.1 Å². The van der Waals surface area contributed by atoms with Crippen molar-refractivity contribution in [3.63, 3.8) is 0 Å². The molecule has 0 aromatic heterocycles. The Morgan fingerprint density at radius 1 is 1.28 bits per heavy atom. The zero-order chi connectivity index (χ0) is 18.1. The summed E-state index contributed by atoms with van der Waals surface area (Å²) in [6.45, 7) is 5.75. The fourth-order valence-corrected chi connectivity index (χ4v) is 2.81. The van der Waals surface area contributed by atoms with Crippen LogP contribution in [0.1, 0.15) is 13.3 Å². The van der Waals surface area contributed by atoms with Gasteiger partial charge >= 0.3 is 0 Å². The van der Waals surface area contributed by atoms with Crippen LogP contribution in [-0.4, -0.2) is 64.9 Å². The summed E-state index contributed by atoms with van der Waals surface area (Å²) in [7, 11) is 1.59. The van der Waals surface area contributed by atoms with E-state index in [9.17, 15) is 9.59 Å². The number of nitrogens with zero attached hydrogens (tertiary/aromatic N) is 2. The largest absolute Gasteiger partial charge is 0.383 e. The van der Waals surface area contributed by atoms with Gasteiger partial charge in [0.1, 0.15) is 0 Å². The van der Waals surface area contributed by atoms with Crippen molar-refractivity contribution in [1.29, 1.82) is 0 Å². The van der Waals surface area contributed by atoms with Crippen LogP contribution in [0.5, 0.6) is 0 Å². The van der Waals surface area contributed by atoms with E-state index in [0.717, 1.165) is 24.5 Å². The molecule has 25 heavy (non-hydrogen) atoms. The molecule has 0 spiro atoms. The van der Waals surface area contributed by atoms with Crippen LogP contribution in [0.15, 0.2) is 24.3 Å². The van der Waals surface area contributed by atoms with Crippen LogP contribution in [0.25, 0.3) is 0 Å². The Morgan fingerprint density at radius 3 is 2.68 bits per heavy atom. The molecule has 1 heterocycles. The smallest absolute Gasteiger partial charge is 0.223 e. The van der Waals surface area contributed by atoms with E-state index in [-0.39, 0.29) is 18.2 Å². The zero-order valence-corrected chi connectivity index (χ0v) is 15.0. The van der Waals surface area contributed by atoms with Crippen LogP contribution in [0.4, 0.5) is 11.4 Å². The highest BCUT2D eigenvalue weighted by molar-refractivity contribution is 5.96. The summed E-state index contributed by atoms with van der Waals surface area (Å²) >= 11 is 0. The molecule has 1 aliphatic heterocycles. The number of anilines is 2. The van der Waals surface area contributed by atoms with Crippen molar-refractivity contribution in [3.8, 4) is 0 Å². The van der Waals surface area contributed by atoms with Crippen molar-refractivity contribution in [2.45, 2.75) is 13.3 Å². The number of hydrogen-bond acceptors (Lipinski definition) is 5. The lowest BCUT2D eigenvalue weighted by Crippen LogP contribution is -2.39. The Bertz CT molecular complexity index is 573. The predicted molar refractivity (Wildman–Crippen MR) is 97.0 cm³/mol. The van der Waals surface area contributed by atoms with Gasteiger partial charge in [-0.1, -0.05) is 12.1 Å². The molecule has 0 saturated carbocycles. The fourth-order valence-electron chi connectivity index (χ4n) is 2.81. The molecule has 0 aliphatic carbocycles. The molecule has 0 unspecified atom stereocenters. The van der Waals surface area contributed by atoms with E-state index in [1.54, 1.807) is 12.0 Å². The third-order valence-electron chi connectivity index (χ3n) is 4.10. The van der Waals surface area contributed by atoms with E-state index in [2.05, 4.69) is 10.2 Å². The van der Waals surface area contributed by atoms with Crippen molar-refractivity contribution in [1.82, 2.24) is 5.32 Å². The predicted octanol–water partition coefficient (Wildman–Crippen LogP) is 1.03. The second-order valence-corrected chi connectivity index (χ2v) is 5.85. The molecule has 1 aromatic rings. The maximum Gasteiger partial charge on any atom is 0.223 e. The lowest BCUT2D eigenvalue weighted by Gasteiger charge is -2.33. The number of carbonyl (C=O) groups is 2. The quantitative estimate of drug-likeness (QED) is 0.710. The van der Waals surface area contributed by atoms with Crippen molar-refractivity contribution in [2.24, 2.45) is 0 Å². The van der Waals surface area contributed by atoms with Crippen molar-refractivity contribution < 1.29 is 19.1 Å². The molecule has 1 aromatic carbocycles. The first kappa shape index (κ1) is 19.2. The van der Waals surface area contributed by atoms with Gasteiger partial charge in [0, 0.05) is 46.6 Å². The summed E-state index contributed by atoms with van der Waals surface area (Å²) in [5, 5.41) is 2.78. The summed E-state index contributed by atoms with van der Waals surface area (Å²) in [4.78, 5) is 28.0. The highest BCUT2D eigenvalue weighted by atomic mass is 16.5. The molecule has 1 fully saturated rings. The molecule has 2 amide bonds. The van der Waals surface area contributed by atoms with Gasteiger partial charge < -0.3 is 24.6 Å². The van der Waals surface area contributed by atoms with Gasteiger partial charge in [-0.15, -0.1) is 0 Å². The molecule has 7 heteroatoms. The second kappa shape index (κ2) is 10.0. The number of carbonyl (C=O) groups excluding carboxylic acids is 2. The lowest BCUT2D eigenvalue weighted by atomic mass is 10.2. The average molecular weight is 349 g/mol. The van der Waals surface area contributed by atoms with Crippen LogP contribution < -0.4 is 15.1 Å². The van der Waals surface area contributed by atoms with Gasteiger partial charge in [-0.05, 0) is 12.1 Å². The van der Waals surface area contributed by atoms with E-state index >= 15 is 0 Å². The number of rotatable bonds is 8. The Hall–Kier alpha value is -2.12. The maximum absolute atomic E-state index is 12.2. The minimum Gasteiger partial charge on any atom is -0.383 e. The van der Waals surface area contributed by atoms with Crippen LogP contribution in [0, 0.1) is 0 Å². The summed E-state index contributed by atoms with van der Waals surface area (Å²) in [6, 6.07) is 7.81. The van der Waals surface area contributed by atoms with E-state index in [0.29, 0.717) is 32.9 Å². The standard InChI is InChI=1S/C18H27N3O4/c1-15(22)21(9-7-18(23)19-8-12-24-2)17-6-4-3-5-16(17)20-10-13-25-14-11-20/h3-6H,7-14H2,1-2H3,(H,19,23). The third-order valence-corrected chi connectivity index (χ3v) is 4.10. The first-order valence-corrected chi connectivity index (χ1v) is 8.59. The van der Waals surface area contributed by atoms with Gasteiger partial charge in [0.25, 0.3) is 0 Å². The monoisotopic (exact) mass is 349 g/mol. The lowest BCUT2D eigenvalue weighted by molar-refractivity contribution is -0.121. The van der Waals surface area contributed by atoms with Gasteiger partial charge in [-0.25, -0.2) is 0 Å².